The highest BCUT2D eigenvalue weighted by atomic mass is 16.5. The number of methoxy groups -OCH3 is 1. The minimum Gasteiger partial charge on any atom is -0.497 e. The van der Waals surface area contributed by atoms with Crippen molar-refractivity contribution in [1.82, 2.24) is 14.8 Å². The highest BCUT2D eigenvalue weighted by Crippen LogP contribution is 2.24. The Morgan fingerprint density at radius 1 is 0.972 bits per heavy atom. The average Bonchev–Trinajstić information content (AvgIpc) is 3.29. The molecule has 190 valence electrons. The third-order valence-electron chi connectivity index (χ3n) is 6.36. The highest BCUT2D eigenvalue weighted by molar-refractivity contribution is 5.92. The van der Waals surface area contributed by atoms with Crippen molar-refractivity contribution >= 4 is 28.7 Å². The summed E-state index contributed by atoms with van der Waals surface area (Å²) in [6.45, 7) is 6.84. The Hall–Kier alpha value is -3.85. The van der Waals surface area contributed by atoms with Crippen molar-refractivity contribution in [2.75, 3.05) is 39.9 Å². The number of aromatic nitrogens is 1. The second kappa shape index (κ2) is 11.3. The van der Waals surface area contributed by atoms with Gasteiger partial charge in [-0.05, 0) is 61.9 Å². The molecule has 0 radical (unpaired) electrons. The first-order valence-electron chi connectivity index (χ1n) is 12.0. The number of nitrogens with zero attached hydrogens (tertiary/aromatic N) is 2. The Kier molecular flexibility index (Phi) is 7.90. The minimum atomic E-state index is -0.602. The summed E-state index contributed by atoms with van der Waals surface area (Å²) in [6.07, 6.45) is 1.85. The van der Waals surface area contributed by atoms with Gasteiger partial charge in [0.1, 0.15) is 11.5 Å². The zero-order valence-electron chi connectivity index (χ0n) is 20.8. The van der Waals surface area contributed by atoms with Crippen LogP contribution in [0.4, 0.5) is 0 Å². The maximum absolute atomic E-state index is 12.5. The zero-order valence-corrected chi connectivity index (χ0v) is 20.8. The third kappa shape index (κ3) is 6.04. The lowest BCUT2D eigenvalue weighted by atomic mass is 10.1. The van der Waals surface area contributed by atoms with Crippen LogP contribution >= 0.6 is 0 Å². The lowest BCUT2D eigenvalue weighted by Gasteiger charge is -2.36. The van der Waals surface area contributed by atoms with Crippen molar-refractivity contribution in [1.29, 1.82) is 0 Å². The number of amides is 1. The Morgan fingerprint density at radius 3 is 2.33 bits per heavy atom. The van der Waals surface area contributed by atoms with Gasteiger partial charge in [-0.1, -0.05) is 0 Å². The number of hydrogen-bond donors (Lipinski definition) is 1. The fraction of sp³-hybridized carbons (Fsp3) is 0.370. The van der Waals surface area contributed by atoms with Gasteiger partial charge in [0.25, 0.3) is 5.91 Å². The van der Waals surface area contributed by atoms with Crippen LogP contribution in [0.3, 0.4) is 0 Å². The second-order valence-electron chi connectivity index (χ2n) is 8.99. The van der Waals surface area contributed by atoms with Gasteiger partial charge in [0.2, 0.25) is 0 Å². The van der Waals surface area contributed by atoms with Gasteiger partial charge in [0.05, 0.1) is 19.1 Å². The van der Waals surface area contributed by atoms with Gasteiger partial charge >= 0.3 is 11.9 Å². The summed E-state index contributed by atoms with van der Waals surface area (Å²) in [6, 6.07) is 12.1. The molecule has 9 heteroatoms. The summed E-state index contributed by atoms with van der Waals surface area (Å²) in [5.74, 6) is -0.220. The molecule has 1 N–H and O–H groups in total. The average molecular weight is 494 g/mol. The van der Waals surface area contributed by atoms with E-state index in [2.05, 4.69) is 23.7 Å². The van der Waals surface area contributed by atoms with E-state index in [0.717, 1.165) is 29.6 Å². The quantitative estimate of drug-likeness (QED) is 0.380. The molecule has 0 spiro atoms. The summed E-state index contributed by atoms with van der Waals surface area (Å²) in [5, 5.41) is 0.890. The molecule has 9 nitrogen and oxygen atoms in total. The molecular weight excluding hydrogens is 462 g/mol. The SMILES string of the molecule is COc1ccc2[nH]cc(CC(=O)Oc3ccc(C(=O)OCC(=O)N4CCN(C(C)C)CC4)cc3)c2c1. The largest absolute Gasteiger partial charge is 0.497 e. The van der Waals surface area contributed by atoms with Crippen LogP contribution in [0.1, 0.15) is 29.8 Å². The van der Waals surface area contributed by atoms with Crippen molar-refractivity contribution in [3.05, 3.63) is 59.8 Å². The number of hydrogen-bond acceptors (Lipinski definition) is 7. The summed E-state index contributed by atoms with van der Waals surface area (Å²) < 4.78 is 15.9. The lowest BCUT2D eigenvalue weighted by Crippen LogP contribution is -2.51. The van der Waals surface area contributed by atoms with Gasteiger partial charge in [-0.2, -0.15) is 0 Å². The summed E-state index contributed by atoms with van der Waals surface area (Å²) >= 11 is 0. The van der Waals surface area contributed by atoms with Crippen LogP contribution < -0.4 is 9.47 Å². The number of aromatic amines is 1. The predicted octanol–water partition coefficient (Wildman–Crippen LogP) is 3.03. The van der Waals surface area contributed by atoms with Crippen molar-refractivity contribution in [2.45, 2.75) is 26.3 Å². The Morgan fingerprint density at radius 2 is 1.67 bits per heavy atom. The highest BCUT2D eigenvalue weighted by Gasteiger charge is 2.23. The van der Waals surface area contributed by atoms with Crippen LogP contribution in [0, 0.1) is 0 Å². The van der Waals surface area contributed by atoms with Gasteiger partial charge in [-0.25, -0.2) is 4.79 Å². The molecule has 2 heterocycles. The molecule has 0 aliphatic carbocycles. The number of piperazine rings is 1. The summed E-state index contributed by atoms with van der Waals surface area (Å²) in [4.78, 5) is 44.4. The van der Waals surface area contributed by atoms with Crippen molar-refractivity contribution in [2.24, 2.45) is 0 Å². The molecule has 1 aromatic heterocycles. The summed E-state index contributed by atoms with van der Waals surface area (Å²) in [5.41, 5.74) is 1.97. The molecule has 0 unspecified atom stereocenters. The maximum Gasteiger partial charge on any atom is 0.338 e. The molecule has 1 fully saturated rings. The molecular formula is C27H31N3O6. The summed E-state index contributed by atoms with van der Waals surface area (Å²) in [7, 11) is 1.59. The number of fused-ring (bicyclic) bond motifs is 1. The Bertz CT molecular complexity index is 1230. The molecule has 0 saturated carbocycles. The van der Waals surface area contributed by atoms with E-state index < -0.39 is 11.9 Å². The molecule has 1 amide bonds. The van der Waals surface area contributed by atoms with E-state index in [1.807, 2.05) is 18.2 Å². The molecule has 36 heavy (non-hydrogen) atoms. The second-order valence-corrected chi connectivity index (χ2v) is 8.99. The minimum absolute atomic E-state index is 0.0739. The molecule has 3 aromatic rings. The van der Waals surface area contributed by atoms with Crippen LogP contribution in [-0.4, -0.2) is 78.6 Å². The van der Waals surface area contributed by atoms with Crippen LogP contribution in [0.15, 0.2) is 48.7 Å². The number of nitrogens with one attached hydrogen (secondary N) is 1. The van der Waals surface area contributed by atoms with Gasteiger partial charge in [0, 0.05) is 49.3 Å². The topological polar surface area (TPSA) is 101 Å². The third-order valence-corrected chi connectivity index (χ3v) is 6.36. The smallest absolute Gasteiger partial charge is 0.338 e. The molecule has 1 aliphatic heterocycles. The van der Waals surface area contributed by atoms with E-state index in [0.29, 0.717) is 30.6 Å². The lowest BCUT2D eigenvalue weighted by molar-refractivity contribution is -0.136. The maximum atomic E-state index is 12.5. The van der Waals surface area contributed by atoms with E-state index >= 15 is 0 Å². The first-order valence-corrected chi connectivity index (χ1v) is 12.0. The van der Waals surface area contributed by atoms with Crippen LogP contribution in [0.2, 0.25) is 0 Å². The normalized spacial score (nSPS) is 14.2. The van der Waals surface area contributed by atoms with Crippen LogP contribution in [-0.2, 0) is 20.7 Å². The number of esters is 2. The first-order chi connectivity index (χ1) is 17.3. The van der Waals surface area contributed by atoms with Crippen LogP contribution in [0.25, 0.3) is 10.9 Å². The van der Waals surface area contributed by atoms with Gasteiger partial charge in [-0.3, -0.25) is 14.5 Å². The number of ether oxygens (including phenoxy) is 3. The van der Waals surface area contributed by atoms with Crippen molar-refractivity contribution < 1.29 is 28.6 Å². The first kappa shape index (κ1) is 25.2. The molecule has 0 bridgehead atoms. The van der Waals surface area contributed by atoms with Gasteiger partial charge in [-0.15, -0.1) is 0 Å². The van der Waals surface area contributed by atoms with Crippen LogP contribution in [0.5, 0.6) is 11.5 Å². The fourth-order valence-corrected chi connectivity index (χ4v) is 4.20. The van der Waals surface area contributed by atoms with E-state index in [1.54, 1.807) is 18.2 Å². The molecule has 1 aliphatic rings. The fourth-order valence-electron chi connectivity index (χ4n) is 4.20. The van der Waals surface area contributed by atoms with Gasteiger partial charge < -0.3 is 24.1 Å². The molecule has 0 atom stereocenters. The van der Waals surface area contributed by atoms with E-state index in [1.165, 1.54) is 24.3 Å². The number of rotatable bonds is 8. The number of carbonyl (C=O) groups is 3. The van der Waals surface area contributed by atoms with Crippen molar-refractivity contribution in [3.8, 4) is 11.5 Å². The van der Waals surface area contributed by atoms with E-state index in [9.17, 15) is 14.4 Å². The van der Waals surface area contributed by atoms with Crippen molar-refractivity contribution in [3.63, 3.8) is 0 Å². The molecule has 4 rings (SSSR count). The monoisotopic (exact) mass is 493 g/mol. The molecule has 2 aromatic carbocycles. The Balaban J connectivity index is 1.26. The van der Waals surface area contributed by atoms with Gasteiger partial charge in [0.15, 0.2) is 6.61 Å². The Labute approximate surface area is 209 Å². The number of benzene rings is 2. The standard InChI is InChI=1S/C27H31N3O6/c1-18(2)29-10-12-30(13-11-29)25(31)17-35-27(33)19-4-6-21(7-5-19)36-26(32)14-20-16-28-24-9-8-22(34-3)15-23(20)24/h4-9,15-16,18,28H,10-14,17H2,1-3H3. The number of H-pyrrole nitrogens is 1. The number of carbonyl (C=O) groups excluding carboxylic acids is 3. The zero-order chi connectivity index (χ0) is 25.7. The van der Waals surface area contributed by atoms with E-state index in [-0.39, 0.29) is 24.5 Å². The predicted molar refractivity (Wildman–Crippen MR) is 134 cm³/mol. The molecule has 1 saturated heterocycles. The van der Waals surface area contributed by atoms with E-state index in [4.69, 9.17) is 14.2 Å².